The van der Waals surface area contributed by atoms with Gasteiger partial charge in [-0.15, -0.1) is 11.3 Å². The maximum atomic E-state index is 12.2. The van der Waals surface area contributed by atoms with Crippen LogP contribution in [0.3, 0.4) is 0 Å². The van der Waals surface area contributed by atoms with Gasteiger partial charge in [0.2, 0.25) is 0 Å². The molecule has 1 unspecified atom stereocenters. The molecule has 5 heteroatoms. The van der Waals surface area contributed by atoms with E-state index in [1.807, 2.05) is 12.1 Å². The van der Waals surface area contributed by atoms with Crippen LogP contribution in [-0.2, 0) is 0 Å². The van der Waals surface area contributed by atoms with Crippen molar-refractivity contribution in [2.45, 2.75) is 12.3 Å². The van der Waals surface area contributed by atoms with Crippen LogP contribution in [0.25, 0.3) is 10.1 Å². The van der Waals surface area contributed by atoms with E-state index in [9.17, 15) is 4.79 Å². The molecular formula is C16H20N2O2S. The number of nitrogens with one attached hydrogen (secondary N) is 1. The van der Waals surface area contributed by atoms with Crippen molar-refractivity contribution in [1.29, 1.82) is 0 Å². The van der Waals surface area contributed by atoms with E-state index in [4.69, 9.17) is 5.11 Å². The first-order valence-electron chi connectivity index (χ1n) is 7.31. The van der Waals surface area contributed by atoms with Crippen LogP contribution in [0.4, 0.5) is 0 Å². The molecule has 0 bridgehead atoms. The van der Waals surface area contributed by atoms with Crippen LogP contribution in [-0.4, -0.2) is 49.2 Å². The second-order valence-electron chi connectivity index (χ2n) is 5.43. The van der Waals surface area contributed by atoms with E-state index in [2.05, 4.69) is 22.3 Å². The fourth-order valence-electron chi connectivity index (χ4n) is 3.17. The molecule has 3 rings (SSSR count). The molecule has 1 aromatic carbocycles. The molecule has 1 atom stereocenters. The van der Waals surface area contributed by atoms with Gasteiger partial charge in [0, 0.05) is 30.8 Å². The van der Waals surface area contributed by atoms with E-state index < -0.39 is 0 Å². The molecule has 1 fully saturated rings. The number of amides is 1. The molecule has 0 radical (unpaired) electrons. The van der Waals surface area contributed by atoms with Crippen molar-refractivity contribution in [3.05, 3.63) is 34.7 Å². The summed E-state index contributed by atoms with van der Waals surface area (Å²) in [6, 6.07) is 8.24. The van der Waals surface area contributed by atoms with Crippen molar-refractivity contribution in [2.75, 3.05) is 33.3 Å². The first kappa shape index (κ1) is 14.5. The molecule has 2 heterocycles. The van der Waals surface area contributed by atoms with Gasteiger partial charge in [-0.2, -0.15) is 0 Å². The molecule has 0 spiro atoms. The Morgan fingerprint density at radius 2 is 2.29 bits per heavy atom. The van der Waals surface area contributed by atoms with Gasteiger partial charge in [0.1, 0.15) is 0 Å². The van der Waals surface area contributed by atoms with Crippen LogP contribution in [0, 0.1) is 0 Å². The smallest absolute Gasteiger partial charge is 0.261 e. The highest BCUT2D eigenvalue weighted by molar-refractivity contribution is 7.21. The van der Waals surface area contributed by atoms with Gasteiger partial charge in [0.05, 0.1) is 11.5 Å². The number of hydrogen-bond donors (Lipinski definition) is 2. The van der Waals surface area contributed by atoms with Crippen molar-refractivity contribution < 1.29 is 9.90 Å². The van der Waals surface area contributed by atoms with Gasteiger partial charge in [-0.05, 0) is 30.0 Å². The number of benzene rings is 1. The lowest BCUT2D eigenvalue weighted by atomic mass is 9.95. The number of likely N-dealkylation sites (tertiary alicyclic amines) is 1. The number of hydrogen-bond acceptors (Lipinski definition) is 4. The maximum Gasteiger partial charge on any atom is 0.261 e. The zero-order valence-electron chi connectivity index (χ0n) is 12.1. The highest BCUT2D eigenvalue weighted by atomic mass is 32.1. The van der Waals surface area contributed by atoms with Crippen molar-refractivity contribution in [3.63, 3.8) is 0 Å². The monoisotopic (exact) mass is 304 g/mol. The molecule has 1 aliphatic heterocycles. The summed E-state index contributed by atoms with van der Waals surface area (Å²) < 4.78 is 1.17. The summed E-state index contributed by atoms with van der Waals surface area (Å²) in [7, 11) is 1.68. The lowest BCUT2D eigenvalue weighted by Gasteiger charge is -2.15. The highest BCUT2D eigenvalue weighted by Gasteiger charge is 2.29. The Kier molecular flexibility index (Phi) is 4.24. The first-order valence-corrected chi connectivity index (χ1v) is 8.13. The minimum atomic E-state index is 0.00630. The number of aliphatic hydroxyl groups is 1. The first-order chi connectivity index (χ1) is 10.2. The summed E-state index contributed by atoms with van der Waals surface area (Å²) in [6.45, 7) is 2.82. The average Bonchev–Trinajstić information content (AvgIpc) is 3.10. The second-order valence-corrected chi connectivity index (χ2v) is 6.48. The van der Waals surface area contributed by atoms with Crippen molar-refractivity contribution in [1.82, 2.24) is 10.2 Å². The fourth-order valence-corrected chi connectivity index (χ4v) is 4.40. The van der Waals surface area contributed by atoms with Gasteiger partial charge < -0.3 is 15.3 Å². The second kappa shape index (κ2) is 6.13. The summed E-state index contributed by atoms with van der Waals surface area (Å²) in [6.07, 6.45) is 1.05. The standard InChI is InChI=1S/C16H20N2O2S/c1-17-16(20)15-14(11-6-7-18(10-11)8-9-19)12-4-2-3-5-13(12)21-15/h2-5,11,19H,6-10H2,1H3,(H,17,20). The van der Waals surface area contributed by atoms with Gasteiger partial charge in [0.15, 0.2) is 0 Å². The number of aliphatic hydroxyl groups excluding tert-OH is 1. The van der Waals surface area contributed by atoms with Crippen molar-refractivity contribution in [2.24, 2.45) is 0 Å². The van der Waals surface area contributed by atoms with Gasteiger partial charge in [-0.3, -0.25) is 4.79 Å². The van der Waals surface area contributed by atoms with Gasteiger partial charge in [-0.1, -0.05) is 18.2 Å². The predicted octanol–water partition coefficient (Wildman–Crippen LogP) is 2.04. The molecule has 2 aromatic rings. The SMILES string of the molecule is CNC(=O)c1sc2ccccc2c1C1CCN(CCO)C1. The lowest BCUT2D eigenvalue weighted by molar-refractivity contribution is 0.0966. The summed E-state index contributed by atoms with van der Waals surface area (Å²) in [5, 5.41) is 13.1. The van der Waals surface area contributed by atoms with E-state index in [0.29, 0.717) is 12.5 Å². The minimum absolute atomic E-state index is 0.00630. The van der Waals surface area contributed by atoms with E-state index >= 15 is 0 Å². The van der Waals surface area contributed by atoms with Crippen LogP contribution in [0.15, 0.2) is 24.3 Å². The van der Waals surface area contributed by atoms with Crippen LogP contribution in [0.5, 0.6) is 0 Å². The Labute approximate surface area is 128 Å². The van der Waals surface area contributed by atoms with Gasteiger partial charge in [-0.25, -0.2) is 0 Å². The van der Waals surface area contributed by atoms with Crippen LogP contribution < -0.4 is 5.32 Å². The van der Waals surface area contributed by atoms with Crippen LogP contribution >= 0.6 is 11.3 Å². The normalized spacial score (nSPS) is 19.2. The Bertz CT molecular complexity index is 653. The third kappa shape index (κ3) is 2.69. The van der Waals surface area contributed by atoms with E-state index in [-0.39, 0.29) is 12.5 Å². The van der Waals surface area contributed by atoms with Crippen molar-refractivity contribution >= 4 is 27.3 Å². The number of nitrogens with zero attached hydrogens (tertiary/aromatic N) is 1. The predicted molar refractivity (Wildman–Crippen MR) is 86.1 cm³/mol. The van der Waals surface area contributed by atoms with E-state index in [1.54, 1.807) is 18.4 Å². The third-order valence-corrected chi connectivity index (χ3v) is 5.35. The zero-order valence-corrected chi connectivity index (χ0v) is 12.9. The summed E-state index contributed by atoms with van der Waals surface area (Å²) in [4.78, 5) is 15.3. The molecule has 0 aliphatic carbocycles. The number of β-amino-alcohol motifs (C(OH)–C–C–N with tert-alkyl or cyclic N) is 1. The van der Waals surface area contributed by atoms with Gasteiger partial charge >= 0.3 is 0 Å². The minimum Gasteiger partial charge on any atom is -0.395 e. The summed E-state index contributed by atoms with van der Waals surface area (Å²) >= 11 is 1.58. The summed E-state index contributed by atoms with van der Waals surface area (Å²) in [5.74, 6) is 0.381. The Hall–Kier alpha value is -1.43. The zero-order chi connectivity index (χ0) is 14.8. The number of thiophene rings is 1. The van der Waals surface area contributed by atoms with Crippen LogP contribution in [0.2, 0.25) is 0 Å². The van der Waals surface area contributed by atoms with Gasteiger partial charge in [0.25, 0.3) is 5.91 Å². The maximum absolute atomic E-state index is 12.2. The average molecular weight is 304 g/mol. The molecule has 1 aromatic heterocycles. The molecular weight excluding hydrogens is 284 g/mol. The molecule has 2 N–H and O–H groups in total. The Morgan fingerprint density at radius 1 is 1.48 bits per heavy atom. The molecule has 112 valence electrons. The third-order valence-electron chi connectivity index (χ3n) is 4.16. The topological polar surface area (TPSA) is 52.6 Å². The molecule has 1 saturated heterocycles. The Balaban J connectivity index is 2.02. The van der Waals surface area contributed by atoms with E-state index in [0.717, 1.165) is 24.4 Å². The number of rotatable bonds is 4. The molecule has 1 aliphatic rings. The number of carbonyl (C=O) groups excluding carboxylic acids is 1. The largest absolute Gasteiger partial charge is 0.395 e. The summed E-state index contributed by atoms with van der Waals surface area (Å²) in [5.41, 5.74) is 1.19. The Morgan fingerprint density at radius 3 is 3.05 bits per heavy atom. The molecule has 21 heavy (non-hydrogen) atoms. The van der Waals surface area contributed by atoms with Crippen molar-refractivity contribution in [3.8, 4) is 0 Å². The molecule has 1 amide bonds. The number of fused-ring (bicyclic) bond motifs is 1. The number of carbonyl (C=O) groups is 1. The van der Waals surface area contributed by atoms with Crippen LogP contribution in [0.1, 0.15) is 27.6 Å². The highest BCUT2D eigenvalue weighted by Crippen LogP contribution is 2.39. The quantitative estimate of drug-likeness (QED) is 0.909. The molecule has 0 saturated carbocycles. The van der Waals surface area contributed by atoms with E-state index in [1.165, 1.54) is 15.6 Å². The lowest BCUT2D eigenvalue weighted by Crippen LogP contribution is -2.24. The fraction of sp³-hybridized carbons (Fsp3) is 0.438. The molecule has 4 nitrogen and oxygen atoms in total.